The van der Waals surface area contributed by atoms with E-state index in [0.717, 1.165) is 6.42 Å². The zero-order valence-electron chi connectivity index (χ0n) is 18.9. The van der Waals surface area contributed by atoms with Crippen LogP contribution in [0.1, 0.15) is 37.9 Å². The van der Waals surface area contributed by atoms with Crippen LogP contribution < -0.4 is 20.3 Å². The fourth-order valence-electron chi connectivity index (χ4n) is 3.06. The Kier molecular flexibility index (Phi) is 8.12. The van der Waals surface area contributed by atoms with E-state index < -0.39 is 5.56 Å². The number of carbonyl (C=O) groups is 1. The number of aromatic amines is 1. The van der Waals surface area contributed by atoms with E-state index in [1.54, 1.807) is 30.3 Å². The number of amides is 1. The average Bonchev–Trinajstić information content (AvgIpc) is 2.81. The van der Waals surface area contributed by atoms with Gasteiger partial charge in [0.05, 0.1) is 7.11 Å². The van der Waals surface area contributed by atoms with Gasteiger partial charge >= 0.3 is 0 Å². The molecule has 0 aliphatic carbocycles. The van der Waals surface area contributed by atoms with Crippen LogP contribution >= 0.6 is 0 Å². The van der Waals surface area contributed by atoms with Crippen LogP contribution in [-0.4, -0.2) is 34.2 Å². The molecule has 0 unspecified atom stereocenters. The predicted molar refractivity (Wildman–Crippen MR) is 122 cm³/mol. The van der Waals surface area contributed by atoms with Gasteiger partial charge in [0.25, 0.3) is 5.56 Å². The van der Waals surface area contributed by atoms with Gasteiger partial charge in [-0.2, -0.15) is 0 Å². The second-order valence-corrected chi connectivity index (χ2v) is 7.61. The summed E-state index contributed by atoms with van der Waals surface area (Å²) >= 11 is 0. The number of methoxy groups -OCH3 is 1. The molecule has 2 N–H and O–H groups in total. The lowest BCUT2D eigenvalue weighted by Crippen LogP contribution is -2.32. The van der Waals surface area contributed by atoms with Gasteiger partial charge in [0.15, 0.2) is 17.3 Å². The molecule has 0 fully saturated rings. The number of ether oxygens (including phenoxy) is 2. The van der Waals surface area contributed by atoms with Crippen LogP contribution in [0.2, 0.25) is 0 Å². The smallest absolute Gasteiger partial charge is 0.273 e. The van der Waals surface area contributed by atoms with Crippen LogP contribution in [-0.2, 0) is 17.8 Å². The van der Waals surface area contributed by atoms with E-state index >= 15 is 0 Å². The van der Waals surface area contributed by atoms with Crippen molar-refractivity contribution < 1.29 is 18.7 Å². The molecule has 1 atom stereocenters. The molecule has 2 aromatic carbocycles. The van der Waals surface area contributed by atoms with Crippen molar-refractivity contribution in [1.29, 1.82) is 0 Å². The van der Waals surface area contributed by atoms with Gasteiger partial charge in [-0.05, 0) is 49.2 Å². The van der Waals surface area contributed by atoms with Crippen LogP contribution in [0, 0.1) is 5.82 Å². The van der Waals surface area contributed by atoms with Gasteiger partial charge in [0, 0.05) is 24.4 Å². The molecule has 33 heavy (non-hydrogen) atoms. The zero-order valence-corrected chi connectivity index (χ0v) is 18.9. The van der Waals surface area contributed by atoms with Gasteiger partial charge in [-0.15, -0.1) is 10.2 Å². The summed E-state index contributed by atoms with van der Waals surface area (Å²) in [6.07, 6.45) is 1.19. The highest BCUT2D eigenvalue weighted by atomic mass is 19.1. The Morgan fingerprint density at radius 3 is 2.70 bits per heavy atom. The fraction of sp³-hybridized carbons (Fsp3) is 0.333. The van der Waals surface area contributed by atoms with Crippen molar-refractivity contribution in [2.45, 2.75) is 45.8 Å². The van der Waals surface area contributed by atoms with Gasteiger partial charge < -0.3 is 19.8 Å². The largest absolute Gasteiger partial charge is 0.493 e. The minimum absolute atomic E-state index is 0.0834. The van der Waals surface area contributed by atoms with Crippen LogP contribution in [0.5, 0.6) is 11.5 Å². The van der Waals surface area contributed by atoms with Crippen LogP contribution in [0.25, 0.3) is 11.4 Å². The Balaban J connectivity index is 1.69. The molecule has 3 aromatic rings. The summed E-state index contributed by atoms with van der Waals surface area (Å²) in [4.78, 5) is 27.1. The highest BCUT2D eigenvalue weighted by Gasteiger charge is 2.13. The highest BCUT2D eigenvalue weighted by Crippen LogP contribution is 2.31. The minimum Gasteiger partial charge on any atom is -0.493 e. The standard InChI is InChI=1S/C24H27FN4O4/c1-4-15(2)26-22(30)11-9-19-24(31)27-23(29-28-19)17-8-10-20(21(13-17)32-3)33-14-16-6-5-7-18(25)12-16/h5-8,10,12-13,15H,4,9,11,14H2,1-3H3,(H,26,30)(H,27,29,31)/t15-/m1/s1. The lowest BCUT2D eigenvalue weighted by molar-refractivity contribution is -0.121. The Bertz CT molecular complexity index is 1170. The topological polar surface area (TPSA) is 106 Å². The number of carbonyl (C=O) groups excluding carboxylic acids is 1. The Labute approximate surface area is 191 Å². The maximum atomic E-state index is 13.4. The Morgan fingerprint density at radius 1 is 1.18 bits per heavy atom. The number of hydrogen-bond acceptors (Lipinski definition) is 6. The van der Waals surface area contributed by atoms with Gasteiger partial charge in [-0.3, -0.25) is 9.59 Å². The number of nitrogens with one attached hydrogen (secondary N) is 2. The summed E-state index contributed by atoms with van der Waals surface area (Å²) in [5.41, 5.74) is 1.06. The number of halogens is 1. The van der Waals surface area contributed by atoms with E-state index in [-0.39, 0.29) is 48.7 Å². The number of aryl methyl sites for hydroxylation is 1. The monoisotopic (exact) mass is 454 g/mol. The first kappa shape index (κ1) is 23.9. The first-order chi connectivity index (χ1) is 15.9. The second-order valence-electron chi connectivity index (χ2n) is 7.61. The van der Waals surface area contributed by atoms with Gasteiger partial charge in [-0.1, -0.05) is 19.1 Å². The van der Waals surface area contributed by atoms with Crippen molar-refractivity contribution in [2.24, 2.45) is 0 Å². The number of nitrogens with zero attached hydrogens (tertiary/aromatic N) is 2. The zero-order chi connectivity index (χ0) is 23.8. The molecule has 8 nitrogen and oxygen atoms in total. The van der Waals surface area contributed by atoms with E-state index in [9.17, 15) is 14.0 Å². The summed E-state index contributed by atoms with van der Waals surface area (Å²) in [6, 6.07) is 11.3. The molecule has 0 aliphatic heterocycles. The van der Waals surface area contributed by atoms with E-state index in [2.05, 4.69) is 20.5 Å². The normalized spacial score (nSPS) is 11.6. The van der Waals surface area contributed by atoms with Gasteiger partial charge in [0.2, 0.25) is 5.91 Å². The molecule has 1 amide bonds. The van der Waals surface area contributed by atoms with E-state index in [4.69, 9.17) is 9.47 Å². The first-order valence-electron chi connectivity index (χ1n) is 10.7. The third kappa shape index (κ3) is 6.61. The number of benzene rings is 2. The maximum Gasteiger partial charge on any atom is 0.273 e. The molecule has 0 saturated carbocycles. The summed E-state index contributed by atoms with van der Waals surface area (Å²) in [5.74, 6) is 0.693. The molecule has 0 aliphatic rings. The van der Waals surface area contributed by atoms with Crippen molar-refractivity contribution in [3.05, 3.63) is 69.9 Å². The summed E-state index contributed by atoms with van der Waals surface area (Å²) in [5, 5.41) is 11.0. The molecule has 174 valence electrons. The number of aromatic nitrogens is 3. The molecule has 0 spiro atoms. The predicted octanol–water partition coefficient (Wildman–Crippen LogP) is 3.41. The first-order valence-corrected chi connectivity index (χ1v) is 10.7. The fourth-order valence-corrected chi connectivity index (χ4v) is 3.06. The van der Waals surface area contributed by atoms with E-state index in [1.165, 1.54) is 19.2 Å². The molecule has 3 rings (SSSR count). The molecule has 1 aromatic heterocycles. The lowest BCUT2D eigenvalue weighted by Gasteiger charge is -2.12. The van der Waals surface area contributed by atoms with Crippen molar-refractivity contribution in [2.75, 3.05) is 7.11 Å². The summed E-state index contributed by atoms with van der Waals surface area (Å²) in [6.45, 7) is 4.08. The van der Waals surface area contributed by atoms with Crippen LogP contribution in [0.3, 0.4) is 0 Å². The Hall–Kier alpha value is -3.75. The van der Waals surface area contributed by atoms with Crippen molar-refractivity contribution in [3.63, 3.8) is 0 Å². The van der Waals surface area contributed by atoms with Crippen molar-refractivity contribution in [1.82, 2.24) is 20.5 Å². The lowest BCUT2D eigenvalue weighted by atomic mass is 10.1. The molecule has 9 heteroatoms. The molecule has 0 bridgehead atoms. The number of hydrogen-bond donors (Lipinski definition) is 2. The quantitative estimate of drug-likeness (QED) is 0.486. The van der Waals surface area contributed by atoms with Gasteiger partial charge in [-0.25, -0.2) is 4.39 Å². The molecular weight excluding hydrogens is 427 g/mol. The third-order valence-electron chi connectivity index (χ3n) is 5.09. The minimum atomic E-state index is -0.401. The van der Waals surface area contributed by atoms with E-state index in [0.29, 0.717) is 22.6 Å². The average molecular weight is 455 g/mol. The molecular formula is C24H27FN4O4. The highest BCUT2D eigenvalue weighted by molar-refractivity contribution is 5.76. The summed E-state index contributed by atoms with van der Waals surface area (Å²) in [7, 11) is 1.50. The van der Waals surface area contributed by atoms with E-state index in [1.807, 2.05) is 13.8 Å². The molecule has 0 radical (unpaired) electrons. The number of rotatable bonds is 10. The van der Waals surface area contributed by atoms with Crippen molar-refractivity contribution in [3.8, 4) is 22.9 Å². The summed E-state index contributed by atoms with van der Waals surface area (Å²) < 4.78 is 24.5. The molecule has 0 saturated heterocycles. The maximum absolute atomic E-state index is 13.4. The van der Waals surface area contributed by atoms with Crippen LogP contribution in [0.4, 0.5) is 4.39 Å². The third-order valence-corrected chi connectivity index (χ3v) is 5.09. The van der Waals surface area contributed by atoms with Crippen molar-refractivity contribution >= 4 is 5.91 Å². The Morgan fingerprint density at radius 2 is 2.00 bits per heavy atom. The molecule has 1 heterocycles. The SMILES string of the molecule is CC[C@@H](C)NC(=O)CCc1nnc(-c2ccc(OCc3cccc(F)c3)c(OC)c2)[nH]c1=O. The number of H-pyrrole nitrogens is 1. The van der Waals surface area contributed by atoms with Crippen LogP contribution in [0.15, 0.2) is 47.3 Å². The second kappa shape index (κ2) is 11.2. The van der Waals surface area contributed by atoms with Gasteiger partial charge in [0.1, 0.15) is 18.1 Å².